The molecule has 0 N–H and O–H groups in total. The highest BCUT2D eigenvalue weighted by molar-refractivity contribution is 7.92. The Morgan fingerprint density at radius 2 is 1.76 bits per heavy atom. The molecule has 5 nitrogen and oxygen atoms in total. The highest BCUT2D eigenvalue weighted by Gasteiger charge is 2.35. The summed E-state index contributed by atoms with van der Waals surface area (Å²) >= 11 is 0. The first-order valence-corrected chi connectivity index (χ1v) is 10.2. The van der Waals surface area contributed by atoms with Crippen LogP contribution < -0.4 is 0 Å². The van der Waals surface area contributed by atoms with Crippen LogP contribution in [0.15, 0.2) is 24.3 Å². The third kappa shape index (κ3) is 3.84. The lowest BCUT2D eigenvalue weighted by molar-refractivity contribution is 0.448. The van der Waals surface area contributed by atoms with Crippen molar-refractivity contribution >= 4 is 19.9 Å². The molecule has 1 fully saturated rings. The normalized spacial score (nSPS) is 19.8. The van der Waals surface area contributed by atoms with E-state index in [2.05, 4.69) is 0 Å². The van der Waals surface area contributed by atoms with E-state index in [1.54, 1.807) is 7.05 Å². The monoisotopic (exact) mass is 331 g/mol. The lowest BCUT2D eigenvalue weighted by Crippen LogP contribution is -2.40. The summed E-state index contributed by atoms with van der Waals surface area (Å²) in [6.45, 7) is 2.27. The zero-order valence-electron chi connectivity index (χ0n) is 12.3. The predicted octanol–water partition coefficient (Wildman–Crippen LogP) is 1.33. The zero-order valence-corrected chi connectivity index (χ0v) is 14.0. The number of benzene rings is 1. The second-order valence-corrected chi connectivity index (χ2v) is 10.2. The number of aryl methyl sites for hydroxylation is 1. The van der Waals surface area contributed by atoms with E-state index in [0.717, 1.165) is 11.1 Å². The van der Waals surface area contributed by atoms with Crippen molar-refractivity contribution in [3.05, 3.63) is 35.4 Å². The van der Waals surface area contributed by atoms with Gasteiger partial charge >= 0.3 is 0 Å². The Labute approximate surface area is 126 Å². The maximum atomic E-state index is 12.5. The minimum atomic E-state index is -3.46. The van der Waals surface area contributed by atoms with Crippen molar-refractivity contribution in [2.45, 2.75) is 31.6 Å². The fourth-order valence-corrected chi connectivity index (χ4v) is 5.99. The fraction of sp³-hybridized carbons (Fsp3) is 0.571. The molecule has 1 heterocycles. The number of sulfone groups is 1. The molecule has 0 saturated carbocycles. The molecule has 0 aromatic heterocycles. The van der Waals surface area contributed by atoms with Crippen LogP contribution in [0.25, 0.3) is 0 Å². The Bertz CT molecular complexity index is 696. The molecule has 0 radical (unpaired) electrons. The molecule has 7 heteroatoms. The molecule has 1 saturated heterocycles. The molecule has 0 amide bonds. The second kappa shape index (κ2) is 6.06. The first-order valence-electron chi connectivity index (χ1n) is 6.92. The van der Waals surface area contributed by atoms with E-state index in [1.807, 2.05) is 31.2 Å². The minimum absolute atomic E-state index is 0.0326. The molecule has 21 heavy (non-hydrogen) atoms. The largest absolute Gasteiger partial charge is 0.229 e. The summed E-state index contributed by atoms with van der Waals surface area (Å²) in [5, 5.41) is -0.588. The standard InChI is InChI=1S/C14H21NO4S2/c1-12-5-3-4-6-13(12)11-15(2)21(18,19)14-7-9-20(16,17)10-8-14/h3-6,14H,7-11H2,1-2H3. The lowest BCUT2D eigenvalue weighted by atomic mass is 10.1. The van der Waals surface area contributed by atoms with Crippen LogP contribution in [0.3, 0.4) is 0 Å². The molecule has 118 valence electrons. The van der Waals surface area contributed by atoms with Crippen molar-refractivity contribution in [3.8, 4) is 0 Å². The van der Waals surface area contributed by atoms with Gasteiger partial charge in [0.15, 0.2) is 0 Å². The van der Waals surface area contributed by atoms with Crippen LogP contribution in [0.1, 0.15) is 24.0 Å². The summed E-state index contributed by atoms with van der Waals surface area (Å²) in [6, 6.07) is 7.66. The Kier molecular flexibility index (Phi) is 4.75. The van der Waals surface area contributed by atoms with E-state index >= 15 is 0 Å². The smallest absolute Gasteiger partial charge is 0.217 e. The summed E-state index contributed by atoms with van der Waals surface area (Å²) in [5.74, 6) is -0.0653. The Balaban J connectivity index is 2.11. The average molecular weight is 331 g/mol. The highest BCUT2D eigenvalue weighted by atomic mass is 32.2. The Morgan fingerprint density at radius 1 is 1.19 bits per heavy atom. The number of rotatable bonds is 4. The molecule has 0 spiro atoms. The number of hydrogen-bond acceptors (Lipinski definition) is 4. The summed E-state index contributed by atoms with van der Waals surface area (Å²) in [5.41, 5.74) is 2.01. The lowest BCUT2D eigenvalue weighted by Gasteiger charge is -2.27. The maximum Gasteiger partial charge on any atom is 0.217 e. The molecular weight excluding hydrogens is 310 g/mol. The van der Waals surface area contributed by atoms with Gasteiger partial charge < -0.3 is 0 Å². The fourth-order valence-electron chi connectivity index (χ4n) is 2.54. The van der Waals surface area contributed by atoms with Crippen LogP contribution in [-0.4, -0.2) is 44.9 Å². The zero-order chi connectivity index (χ0) is 15.7. The van der Waals surface area contributed by atoms with Crippen LogP contribution in [0.2, 0.25) is 0 Å². The highest BCUT2D eigenvalue weighted by Crippen LogP contribution is 2.23. The van der Waals surface area contributed by atoms with Gasteiger partial charge in [0.1, 0.15) is 9.84 Å². The van der Waals surface area contributed by atoms with Crippen LogP contribution in [0, 0.1) is 6.92 Å². The number of nitrogens with zero attached hydrogens (tertiary/aromatic N) is 1. The number of sulfonamides is 1. The van der Waals surface area contributed by atoms with Gasteiger partial charge in [0.2, 0.25) is 10.0 Å². The summed E-state index contributed by atoms with van der Waals surface area (Å²) in [7, 11) is -4.95. The summed E-state index contributed by atoms with van der Waals surface area (Å²) < 4.78 is 49.3. The van der Waals surface area contributed by atoms with E-state index in [0.29, 0.717) is 6.54 Å². The molecular formula is C14H21NO4S2. The van der Waals surface area contributed by atoms with E-state index in [4.69, 9.17) is 0 Å². The molecule has 0 atom stereocenters. The summed E-state index contributed by atoms with van der Waals surface area (Å²) in [6.07, 6.45) is 0.394. The second-order valence-electron chi connectivity index (χ2n) is 5.58. The molecule has 1 aliphatic heterocycles. The molecule has 1 aromatic carbocycles. The van der Waals surface area contributed by atoms with Crippen molar-refractivity contribution in [3.63, 3.8) is 0 Å². The van der Waals surface area contributed by atoms with Crippen LogP contribution in [0.5, 0.6) is 0 Å². The van der Waals surface area contributed by atoms with Gasteiger partial charge in [-0.05, 0) is 30.9 Å². The Morgan fingerprint density at radius 3 is 2.33 bits per heavy atom. The summed E-state index contributed by atoms with van der Waals surface area (Å²) in [4.78, 5) is 0. The molecule has 0 unspecified atom stereocenters. The van der Waals surface area contributed by atoms with Gasteiger partial charge in [0.25, 0.3) is 0 Å². The molecule has 0 aliphatic carbocycles. The van der Waals surface area contributed by atoms with Crippen molar-refractivity contribution in [2.75, 3.05) is 18.6 Å². The topological polar surface area (TPSA) is 71.5 Å². The number of hydrogen-bond donors (Lipinski definition) is 0. The van der Waals surface area contributed by atoms with E-state index in [1.165, 1.54) is 4.31 Å². The first kappa shape index (κ1) is 16.5. The van der Waals surface area contributed by atoms with Gasteiger partial charge in [0, 0.05) is 13.6 Å². The molecule has 1 aliphatic rings. The van der Waals surface area contributed by atoms with Gasteiger partial charge in [-0.25, -0.2) is 21.1 Å². The van der Waals surface area contributed by atoms with Gasteiger partial charge in [-0.3, -0.25) is 0 Å². The van der Waals surface area contributed by atoms with Crippen molar-refractivity contribution < 1.29 is 16.8 Å². The minimum Gasteiger partial charge on any atom is -0.229 e. The third-order valence-corrected chi connectivity index (χ3v) is 8.04. The molecule has 2 rings (SSSR count). The first-order chi connectivity index (χ1) is 9.72. The predicted molar refractivity (Wildman–Crippen MR) is 83.2 cm³/mol. The van der Waals surface area contributed by atoms with Crippen LogP contribution >= 0.6 is 0 Å². The van der Waals surface area contributed by atoms with Crippen LogP contribution in [0.4, 0.5) is 0 Å². The molecule has 1 aromatic rings. The van der Waals surface area contributed by atoms with E-state index in [-0.39, 0.29) is 24.3 Å². The van der Waals surface area contributed by atoms with Crippen LogP contribution in [-0.2, 0) is 26.4 Å². The SMILES string of the molecule is Cc1ccccc1CN(C)S(=O)(=O)C1CCS(=O)(=O)CC1. The third-order valence-electron chi connectivity index (χ3n) is 4.01. The van der Waals surface area contributed by atoms with Gasteiger partial charge in [-0.15, -0.1) is 0 Å². The van der Waals surface area contributed by atoms with Crippen molar-refractivity contribution in [2.24, 2.45) is 0 Å². The van der Waals surface area contributed by atoms with Gasteiger partial charge in [0.05, 0.1) is 16.8 Å². The van der Waals surface area contributed by atoms with Crippen molar-refractivity contribution in [1.82, 2.24) is 4.31 Å². The molecule has 0 bridgehead atoms. The average Bonchev–Trinajstić information content (AvgIpc) is 2.40. The van der Waals surface area contributed by atoms with E-state index < -0.39 is 25.1 Å². The van der Waals surface area contributed by atoms with Gasteiger partial charge in [-0.2, -0.15) is 0 Å². The van der Waals surface area contributed by atoms with Crippen molar-refractivity contribution in [1.29, 1.82) is 0 Å². The quantitative estimate of drug-likeness (QED) is 0.834. The maximum absolute atomic E-state index is 12.5. The van der Waals surface area contributed by atoms with E-state index in [9.17, 15) is 16.8 Å². The Hall–Kier alpha value is -0.920. The van der Waals surface area contributed by atoms with Gasteiger partial charge in [-0.1, -0.05) is 24.3 Å².